The molecule has 25 heavy (non-hydrogen) atoms. The van der Waals surface area contributed by atoms with E-state index in [0.29, 0.717) is 6.61 Å². The number of carbonyl (C=O) groups is 1. The number of amides is 1. The van der Waals surface area contributed by atoms with Gasteiger partial charge >= 0.3 is 0 Å². The van der Waals surface area contributed by atoms with Gasteiger partial charge in [-0.15, -0.1) is 5.10 Å². The van der Waals surface area contributed by atoms with Gasteiger partial charge in [-0.05, 0) is 38.8 Å². The molecule has 138 valence electrons. The Labute approximate surface area is 149 Å². The van der Waals surface area contributed by atoms with E-state index in [-0.39, 0.29) is 17.9 Å². The fourth-order valence-electron chi connectivity index (χ4n) is 4.19. The van der Waals surface area contributed by atoms with Gasteiger partial charge in [-0.2, -0.15) is 0 Å². The summed E-state index contributed by atoms with van der Waals surface area (Å²) in [5.74, 6) is 0.501. The van der Waals surface area contributed by atoms with Crippen LogP contribution in [0.15, 0.2) is 0 Å². The van der Waals surface area contributed by atoms with Crippen molar-refractivity contribution in [3.63, 3.8) is 0 Å². The summed E-state index contributed by atoms with van der Waals surface area (Å²) in [4.78, 5) is 17.3. The van der Waals surface area contributed by atoms with Crippen LogP contribution in [0, 0.1) is 5.92 Å². The highest BCUT2D eigenvalue weighted by Gasteiger charge is 2.38. The van der Waals surface area contributed by atoms with E-state index in [0.717, 1.165) is 50.3 Å². The number of hydrogen-bond donors (Lipinski definition) is 0. The molecule has 1 aliphatic carbocycles. The highest BCUT2D eigenvalue weighted by molar-refractivity contribution is 5.80. The smallest absolute Gasteiger partial charge is 0.226 e. The van der Waals surface area contributed by atoms with Crippen LogP contribution in [0.25, 0.3) is 0 Å². The molecule has 1 atom stereocenters. The fourth-order valence-corrected chi connectivity index (χ4v) is 4.19. The van der Waals surface area contributed by atoms with Gasteiger partial charge in [0.25, 0.3) is 0 Å². The molecule has 2 fully saturated rings. The van der Waals surface area contributed by atoms with Crippen LogP contribution in [0.5, 0.6) is 0 Å². The lowest BCUT2D eigenvalue weighted by Crippen LogP contribution is -2.46. The number of carbonyl (C=O) groups excluding carboxylic acids is 1. The number of aromatic nitrogens is 3. The van der Waals surface area contributed by atoms with Gasteiger partial charge in [-0.3, -0.25) is 9.48 Å². The monoisotopic (exact) mass is 347 g/mol. The average molecular weight is 347 g/mol. The van der Waals surface area contributed by atoms with Gasteiger partial charge in [0, 0.05) is 32.5 Å². The van der Waals surface area contributed by atoms with Crippen molar-refractivity contribution >= 4 is 5.91 Å². The first-order chi connectivity index (χ1) is 12.2. The van der Waals surface area contributed by atoms with Crippen molar-refractivity contribution in [3.8, 4) is 0 Å². The van der Waals surface area contributed by atoms with Crippen LogP contribution >= 0.6 is 0 Å². The van der Waals surface area contributed by atoms with E-state index < -0.39 is 0 Å². The molecule has 0 N–H and O–H groups in total. The maximum Gasteiger partial charge on any atom is 0.226 e. The zero-order chi connectivity index (χ0) is 17.2. The Morgan fingerprint density at radius 3 is 2.72 bits per heavy atom. The molecule has 0 bridgehead atoms. The number of nitrogens with zero attached hydrogens (tertiary/aromatic N) is 5. The molecule has 7 heteroatoms. The molecular weight excluding hydrogens is 318 g/mol. The molecule has 1 saturated carbocycles. The first kappa shape index (κ1) is 17.0. The summed E-state index contributed by atoms with van der Waals surface area (Å²) in [6.45, 7) is 5.36. The number of fused-ring (bicyclic) bond motifs is 1. The van der Waals surface area contributed by atoms with E-state index in [2.05, 4.69) is 15.2 Å². The van der Waals surface area contributed by atoms with E-state index in [9.17, 15) is 4.79 Å². The molecule has 1 aromatic rings. The zero-order valence-corrected chi connectivity index (χ0v) is 15.2. The molecule has 0 unspecified atom stereocenters. The van der Waals surface area contributed by atoms with Crippen LogP contribution < -0.4 is 0 Å². The van der Waals surface area contributed by atoms with Crippen LogP contribution in [-0.4, -0.2) is 70.1 Å². The maximum atomic E-state index is 12.9. The van der Waals surface area contributed by atoms with Crippen molar-refractivity contribution in [2.24, 2.45) is 13.0 Å². The second-order valence-corrected chi connectivity index (χ2v) is 7.59. The molecule has 3 aliphatic rings. The average Bonchev–Trinajstić information content (AvgIpc) is 3.20. The lowest BCUT2D eigenvalue weighted by atomic mass is 9.83. The normalized spacial score (nSPS) is 24.4. The Bertz CT molecular complexity index is 607. The van der Waals surface area contributed by atoms with Crippen LogP contribution in [0.3, 0.4) is 0 Å². The fraction of sp³-hybridized carbons (Fsp3) is 0.833. The minimum atomic E-state index is -0.0795. The SMILES string of the molecule is Cn1nnc2c1CCN(C(=O)C1CCC1)[C@H]2COCCN1CCCC1. The molecule has 0 aromatic carbocycles. The Hall–Kier alpha value is -1.47. The third-order valence-electron chi connectivity index (χ3n) is 6.02. The van der Waals surface area contributed by atoms with Gasteiger partial charge < -0.3 is 14.5 Å². The number of ether oxygens (including phenoxy) is 1. The molecule has 1 amide bonds. The highest BCUT2D eigenvalue weighted by Crippen LogP contribution is 2.34. The lowest BCUT2D eigenvalue weighted by molar-refractivity contribution is -0.143. The summed E-state index contributed by atoms with van der Waals surface area (Å²) in [5, 5.41) is 8.54. The molecule has 2 aliphatic heterocycles. The van der Waals surface area contributed by atoms with Crippen molar-refractivity contribution in [3.05, 3.63) is 11.4 Å². The largest absolute Gasteiger partial charge is 0.378 e. The van der Waals surface area contributed by atoms with Crippen molar-refractivity contribution < 1.29 is 9.53 Å². The van der Waals surface area contributed by atoms with Gasteiger partial charge in [0.1, 0.15) is 11.7 Å². The van der Waals surface area contributed by atoms with E-state index in [1.807, 2.05) is 16.6 Å². The minimum absolute atomic E-state index is 0.0795. The van der Waals surface area contributed by atoms with E-state index in [1.54, 1.807) is 0 Å². The molecule has 4 rings (SSSR count). The van der Waals surface area contributed by atoms with Crippen molar-refractivity contribution in [1.82, 2.24) is 24.8 Å². The van der Waals surface area contributed by atoms with Crippen molar-refractivity contribution in [2.45, 2.75) is 44.6 Å². The molecule has 1 aromatic heterocycles. The second kappa shape index (κ2) is 7.41. The standard InChI is InChI=1S/C18H29N5O2/c1-21-15-7-10-23(18(24)14-5-4-6-14)16(17(15)19-20-21)13-25-12-11-22-8-2-3-9-22/h14,16H,2-13H2,1H3/t16-/m0/s1. The summed E-state index contributed by atoms with van der Waals surface area (Å²) in [7, 11) is 1.93. The Kier molecular flexibility index (Phi) is 5.03. The number of likely N-dealkylation sites (tertiary alicyclic amines) is 1. The summed E-state index contributed by atoms with van der Waals surface area (Å²) in [6.07, 6.45) is 6.68. The van der Waals surface area contributed by atoms with Gasteiger partial charge in [-0.1, -0.05) is 11.6 Å². The van der Waals surface area contributed by atoms with Gasteiger partial charge in [0.15, 0.2) is 0 Å². The van der Waals surface area contributed by atoms with Crippen molar-refractivity contribution in [1.29, 1.82) is 0 Å². The second-order valence-electron chi connectivity index (χ2n) is 7.59. The molecular formula is C18H29N5O2. The number of aryl methyl sites for hydroxylation is 1. The minimum Gasteiger partial charge on any atom is -0.378 e. The highest BCUT2D eigenvalue weighted by atomic mass is 16.5. The first-order valence-electron chi connectivity index (χ1n) is 9.73. The van der Waals surface area contributed by atoms with Gasteiger partial charge in [0.05, 0.1) is 18.9 Å². The molecule has 0 radical (unpaired) electrons. The first-order valence-corrected chi connectivity index (χ1v) is 9.73. The van der Waals surface area contributed by atoms with E-state index in [4.69, 9.17) is 4.74 Å². The Morgan fingerprint density at radius 1 is 1.20 bits per heavy atom. The molecule has 1 saturated heterocycles. The van der Waals surface area contributed by atoms with E-state index in [1.165, 1.54) is 32.4 Å². The van der Waals surface area contributed by atoms with Gasteiger partial charge in [0.2, 0.25) is 5.91 Å². The third-order valence-corrected chi connectivity index (χ3v) is 6.02. The van der Waals surface area contributed by atoms with Crippen LogP contribution in [0.1, 0.15) is 49.5 Å². The van der Waals surface area contributed by atoms with Crippen LogP contribution in [0.2, 0.25) is 0 Å². The summed E-state index contributed by atoms with van der Waals surface area (Å²) in [6, 6.07) is -0.0795. The molecule has 0 spiro atoms. The van der Waals surface area contributed by atoms with Crippen LogP contribution in [-0.2, 0) is 23.0 Å². The summed E-state index contributed by atoms with van der Waals surface area (Å²) >= 11 is 0. The number of hydrogen-bond acceptors (Lipinski definition) is 5. The lowest BCUT2D eigenvalue weighted by Gasteiger charge is -2.38. The molecule has 7 nitrogen and oxygen atoms in total. The Morgan fingerprint density at radius 2 is 2.00 bits per heavy atom. The van der Waals surface area contributed by atoms with Crippen LogP contribution in [0.4, 0.5) is 0 Å². The maximum absolute atomic E-state index is 12.9. The van der Waals surface area contributed by atoms with E-state index >= 15 is 0 Å². The summed E-state index contributed by atoms with van der Waals surface area (Å²) in [5.41, 5.74) is 2.08. The van der Waals surface area contributed by atoms with Crippen molar-refractivity contribution in [2.75, 3.05) is 39.4 Å². The topological polar surface area (TPSA) is 63.5 Å². The quantitative estimate of drug-likeness (QED) is 0.723. The Balaban J connectivity index is 1.40. The third kappa shape index (κ3) is 3.44. The van der Waals surface area contributed by atoms with Gasteiger partial charge in [-0.25, -0.2) is 0 Å². The predicted octanol–water partition coefficient (Wildman–Crippen LogP) is 1.15. The number of rotatable bonds is 6. The summed E-state index contributed by atoms with van der Waals surface area (Å²) < 4.78 is 7.85. The predicted molar refractivity (Wildman–Crippen MR) is 93.0 cm³/mol. The molecule has 3 heterocycles. The zero-order valence-electron chi connectivity index (χ0n) is 15.2.